The van der Waals surface area contributed by atoms with Gasteiger partial charge in [-0.25, -0.2) is 0 Å². The summed E-state index contributed by atoms with van der Waals surface area (Å²) in [5.74, 6) is 0. The Hall–Kier alpha value is -0.800. The summed E-state index contributed by atoms with van der Waals surface area (Å²) in [5.41, 5.74) is 1.71. The first-order valence-corrected chi connectivity index (χ1v) is 5.89. The first-order chi connectivity index (χ1) is 6.70. The molecule has 0 radical (unpaired) electrons. The van der Waals surface area contributed by atoms with Crippen LogP contribution in [0.1, 0.15) is 29.3 Å². The molecule has 0 aliphatic heterocycles. The van der Waals surface area contributed by atoms with E-state index in [-0.39, 0.29) is 5.38 Å². The van der Waals surface area contributed by atoms with E-state index in [0.29, 0.717) is 17.7 Å². The quantitative estimate of drug-likeness (QED) is 0.504. The highest BCUT2D eigenvalue weighted by molar-refractivity contribution is 7.73. The van der Waals surface area contributed by atoms with Crippen molar-refractivity contribution in [2.24, 2.45) is 0 Å². The number of halogens is 1. The second-order valence-electron chi connectivity index (χ2n) is 3.25. The lowest BCUT2D eigenvalue weighted by molar-refractivity contribution is 0.626. The van der Waals surface area contributed by atoms with Crippen LogP contribution in [0.3, 0.4) is 0 Å². The molecule has 0 spiro atoms. The van der Waals surface area contributed by atoms with E-state index in [4.69, 9.17) is 11.6 Å². The number of hydrogen-bond acceptors (Lipinski definition) is 2. The third kappa shape index (κ3) is 1.57. The minimum atomic E-state index is -2.12. The van der Waals surface area contributed by atoms with E-state index < -0.39 is 10.3 Å². The first-order valence-electron chi connectivity index (χ1n) is 4.38. The summed E-state index contributed by atoms with van der Waals surface area (Å²) in [7, 11) is -2.12. The summed E-state index contributed by atoms with van der Waals surface area (Å²) in [4.78, 5) is 0.484. The summed E-state index contributed by atoms with van der Waals surface area (Å²) in [6.07, 6.45) is 1.24. The number of fused-ring (bicyclic) bond motifs is 1. The third-order valence-electron chi connectivity index (χ3n) is 2.42. The zero-order valence-electron chi connectivity index (χ0n) is 7.40. The maximum atomic E-state index is 10.9. The van der Waals surface area contributed by atoms with E-state index in [2.05, 4.69) is 0 Å². The molecule has 2 nitrogen and oxygen atoms in total. The van der Waals surface area contributed by atoms with E-state index in [0.717, 1.165) is 11.1 Å². The minimum absolute atomic E-state index is 0.0569. The Morgan fingerprint density at radius 1 is 1.29 bits per heavy atom. The van der Waals surface area contributed by atoms with Gasteiger partial charge in [0.15, 0.2) is 0 Å². The molecule has 1 aromatic carbocycles. The van der Waals surface area contributed by atoms with E-state index in [9.17, 15) is 8.42 Å². The standard InChI is InChI=1S/C10H9ClO2S/c11-9-5-6-10(14(12)13)8-4-2-1-3-7(8)9/h1-4,9H,5-6H2. The minimum Gasteiger partial charge on any atom is -0.184 e. The number of alkyl halides is 1. The molecule has 1 aromatic rings. The topological polar surface area (TPSA) is 34.1 Å². The van der Waals surface area contributed by atoms with Gasteiger partial charge in [-0.1, -0.05) is 24.3 Å². The van der Waals surface area contributed by atoms with Gasteiger partial charge in [-0.05, 0) is 24.0 Å². The molecule has 1 aliphatic rings. The largest absolute Gasteiger partial charge is 0.217 e. The monoisotopic (exact) mass is 228 g/mol. The smallest absolute Gasteiger partial charge is 0.184 e. The van der Waals surface area contributed by atoms with Crippen LogP contribution in [-0.2, 0) is 10.3 Å². The highest BCUT2D eigenvalue weighted by Gasteiger charge is 2.22. The van der Waals surface area contributed by atoms with Gasteiger partial charge in [0.25, 0.3) is 0 Å². The Morgan fingerprint density at radius 2 is 2.00 bits per heavy atom. The van der Waals surface area contributed by atoms with Crippen molar-refractivity contribution in [2.45, 2.75) is 18.2 Å². The van der Waals surface area contributed by atoms with Crippen molar-refractivity contribution in [2.75, 3.05) is 0 Å². The zero-order chi connectivity index (χ0) is 10.1. The SMILES string of the molecule is O=S(=O)=C1CCC(Cl)c2ccccc21. The fourth-order valence-corrected chi connectivity index (χ4v) is 2.69. The van der Waals surface area contributed by atoms with Gasteiger partial charge >= 0.3 is 0 Å². The molecule has 1 aliphatic carbocycles. The van der Waals surface area contributed by atoms with Crippen molar-refractivity contribution < 1.29 is 8.42 Å². The Kier molecular flexibility index (Phi) is 2.61. The van der Waals surface area contributed by atoms with E-state index in [1.54, 1.807) is 0 Å². The van der Waals surface area contributed by atoms with Gasteiger partial charge in [-0.2, -0.15) is 8.42 Å². The van der Waals surface area contributed by atoms with Crippen LogP contribution in [0.15, 0.2) is 24.3 Å². The van der Waals surface area contributed by atoms with Gasteiger partial charge in [-0.15, -0.1) is 11.6 Å². The lowest BCUT2D eigenvalue weighted by Crippen LogP contribution is -2.14. The molecule has 1 unspecified atom stereocenters. The van der Waals surface area contributed by atoms with Gasteiger partial charge in [-0.3, -0.25) is 0 Å². The predicted octanol–water partition coefficient (Wildman–Crippen LogP) is 2.16. The third-order valence-corrected chi connectivity index (χ3v) is 3.70. The lowest BCUT2D eigenvalue weighted by atomic mass is 9.91. The van der Waals surface area contributed by atoms with Crippen molar-refractivity contribution in [1.29, 1.82) is 0 Å². The lowest BCUT2D eigenvalue weighted by Gasteiger charge is -2.20. The van der Waals surface area contributed by atoms with Gasteiger partial charge in [0.1, 0.15) is 0 Å². The maximum Gasteiger partial charge on any atom is 0.217 e. The van der Waals surface area contributed by atoms with Gasteiger partial charge < -0.3 is 0 Å². The number of benzene rings is 1. The predicted molar refractivity (Wildman–Crippen MR) is 57.3 cm³/mol. The van der Waals surface area contributed by atoms with E-state index in [1.165, 1.54) is 0 Å². The average Bonchev–Trinajstić information content (AvgIpc) is 2.18. The van der Waals surface area contributed by atoms with Crippen LogP contribution >= 0.6 is 11.6 Å². The summed E-state index contributed by atoms with van der Waals surface area (Å²) in [6.45, 7) is 0. The number of rotatable bonds is 0. The molecular weight excluding hydrogens is 220 g/mol. The molecule has 0 amide bonds. The van der Waals surface area contributed by atoms with Gasteiger partial charge in [0.05, 0.1) is 10.2 Å². The zero-order valence-corrected chi connectivity index (χ0v) is 8.98. The molecule has 0 saturated heterocycles. The molecule has 4 heteroatoms. The fraction of sp³-hybridized carbons (Fsp3) is 0.300. The molecule has 74 valence electrons. The first kappa shape index (κ1) is 9.74. The Balaban J connectivity index is 2.70. The normalized spacial score (nSPS) is 20.4. The van der Waals surface area contributed by atoms with Crippen molar-refractivity contribution in [1.82, 2.24) is 0 Å². The molecule has 1 atom stereocenters. The van der Waals surface area contributed by atoms with Crippen molar-refractivity contribution in [3.63, 3.8) is 0 Å². The highest BCUT2D eigenvalue weighted by atomic mass is 35.5. The summed E-state index contributed by atoms with van der Waals surface area (Å²) < 4.78 is 21.9. The molecular formula is C10H9ClO2S. The van der Waals surface area contributed by atoms with Crippen LogP contribution in [0.25, 0.3) is 0 Å². The van der Waals surface area contributed by atoms with Crippen molar-refractivity contribution in [3.8, 4) is 0 Å². The number of hydrogen-bond donors (Lipinski definition) is 0. The molecule has 2 rings (SSSR count). The molecule has 0 saturated carbocycles. The second-order valence-corrected chi connectivity index (χ2v) is 4.74. The van der Waals surface area contributed by atoms with Crippen LogP contribution < -0.4 is 0 Å². The van der Waals surface area contributed by atoms with Crippen molar-refractivity contribution >= 4 is 26.8 Å². The molecule has 0 N–H and O–H groups in total. The summed E-state index contributed by atoms with van der Waals surface area (Å²) in [5, 5.41) is -0.0569. The van der Waals surface area contributed by atoms with Gasteiger partial charge in [0.2, 0.25) is 10.3 Å². The Morgan fingerprint density at radius 3 is 2.71 bits per heavy atom. The van der Waals surface area contributed by atoms with E-state index >= 15 is 0 Å². The van der Waals surface area contributed by atoms with Crippen LogP contribution in [0.4, 0.5) is 0 Å². The highest BCUT2D eigenvalue weighted by Crippen LogP contribution is 2.34. The molecule has 14 heavy (non-hydrogen) atoms. The van der Waals surface area contributed by atoms with Gasteiger partial charge in [0, 0.05) is 0 Å². The van der Waals surface area contributed by atoms with E-state index in [1.807, 2.05) is 24.3 Å². The molecule has 0 bridgehead atoms. The molecule has 0 aromatic heterocycles. The van der Waals surface area contributed by atoms with Crippen LogP contribution in [0.5, 0.6) is 0 Å². The maximum absolute atomic E-state index is 10.9. The molecule has 0 fully saturated rings. The summed E-state index contributed by atoms with van der Waals surface area (Å²) >= 11 is 6.10. The van der Waals surface area contributed by atoms with Crippen LogP contribution in [0.2, 0.25) is 0 Å². The van der Waals surface area contributed by atoms with Crippen molar-refractivity contribution in [3.05, 3.63) is 35.4 Å². The van der Waals surface area contributed by atoms with Crippen LogP contribution in [0, 0.1) is 0 Å². The second kappa shape index (κ2) is 3.75. The van der Waals surface area contributed by atoms with Crippen LogP contribution in [-0.4, -0.2) is 13.3 Å². The Bertz CT molecular complexity index is 483. The molecule has 0 heterocycles. The summed E-state index contributed by atoms with van der Waals surface area (Å²) in [6, 6.07) is 7.42. The fourth-order valence-electron chi connectivity index (χ4n) is 1.75. The average molecular weight is 229 g/mol. The Labute approximate surface area is 89.0 Å².